The first-order valence-electron chi connectivity index (χ1n) is 4.74. The van der Waals surface area contributed by atoms with Crippen molar-refractivity contribution in [3.63, 3.8) is 0 Å². The molecule has 0 atom stereocenters. The second-order valence-electron chi connectivity index (χ2n) is 3.50. The van der Waals surface area contributed by atoms with Crippen LogP contribution in [-0.2, 0) is 0 Å². The number of allylic oxidation sites excluding steroid dienone is 2. The zero-order valence-corrected chi connectivity index (χ0v) is 9.11. The van der Waals surface area contributed by atoms with Crippen molar-refractivity contribution in [2.24, 2.45) is 0 Å². The second-order valence-corrected chi connectivity index (χ2v) is 3.50. The summed E-state index contributed by atoms with van der Waals surface area (Å²) >= 11 is 0. The molecule has 1 fully saturated rings. The van der Waals surface area contributed by atoms with Crippen LogP contribution in [-0.4, -0.2) is 13.1 Å². The molecular weight excluding hydrogens is 158 g/mol. The summed E-state index contributed by atoms with van der Waals surface area (Å²) in [7, 11) is 0. The standard InChI is InChI=1S/C7H11N.C5H10/c1-6-3-4-8-5-7(6)2;1-4-5(2)3/h8H,1-5H2;4H,1-3H3. The van der Waals surface area contributed by atoms with E-state index in [4.69, 9.17) is 0 Å². The van der Waals surface area contributed by atoms with E-state index in [0.29, 0.717) is 0 Å². The average Bonchev–Trinajstić information content (AvgIpc) is 2.11. The molecule has 1 aliphatic rings. The van der Waals surface area contributed by atoms with Gasteiger partial charge in [-0.25, -0.2) is 0 Å². The first-order chi connectivity index (χ1) is 6.07. The van der Waals surface area contributed by atoms with Crippen LogP contribution in [0.1, 0.15) is 27.2 Å². The molecule has 0 amide bonds. The molecule has 0 bridgehead atoms. The summed E-state index contributed by atoms with van der Waals surface area (Å²) in [5, 5.41) is 3.20. The number of piperidine rings is 1. The van der Waals surface area contributed by atoms with Gasteiger partial charge in [0.1, 0.15) is 0 Å². The lowest BCUT2D eigenvalue weighted by Gasteiger charge is -2.16. The van der Waals surface area contributed by atoms with E-state index in [1.165, 1.54) is 11.1 Å². The van der Waals surface area contributed by atoms with Crippen LogP contribution in [0.15, 0.2) is 36.0 Å². The summed E-state index contributed by atoms with van der Waals surface area (Å²) in [6.45, 7) is 15.9. The van der Waals surface area contributed by atoms with Gasteiger partial charge in [-0.05, 0) is 39.3 Å². The van der Waals surface area contributed by atoms with E-state index in [1.54, 1.807) is 0 Å². The lowest BCUT2D eigenvalue weighted by atomic mass is 10.0. The lowest BCUT2D eigenvalue weighted by molar-refractivity contribution is 0.686. The SMILES string of the molecule is C=C1CCNCC1=C.CC=C(C)C. The molecule has 1 nitrogen and oxygen atoms in total. The van der Waals surface area contributed by atoms with Gasteiger partial charge < -0.3 is 5.32 Å². The van der Waals surface area contributed by atoms with Crippen molar-refractivity contribution in [1.29, 1.82) is 0 Å². The fourth-order valence-electron chi connectivity index (χ4n) is 0.780. The third-order valence-electron chi connectivity index (χ3n) is 2.02. The van der Waals surface area contributed by atoms with Crippen LogP contribution in [0.5, 0.6) is 0 Å². The fourth-order valence-corrected chi connectivity index (χ4v) is 0.780. The van der Waals surface area contributed by atoms with Crippen molar-refractivity contribution in [3.05, 3.63) is 36.0 Å². The Bertz CT molecular complexity index is 191. The predicted octanol–water partition coefficient (Wildman–Crippen LogP) is 3.06. The van der Waals surface area contributed by atoms with Crippen molar-refractivity contribution in [3.8, 4) is 0 Å². The van der Waals surface area contributed by atoms with Crippen molar-refractivity contribution >= 4 is 0 Å². The van der Waals surface area contributed by atoms with Gasteiger partial charge in [-0.15, -0.1) is 0 Å². The van der Waals surface area contributed by atoms with E-state index in [2.05, 4.69) is 38.4 Å². The van der Waals surface area contributed by atoms with Crippen LogP contribution in [0.3, 0.4) is 0 Å². The first kappa shape index (κ1) is 12.2. The van der Waals surface area contributed by atoms with Gasteiger partial charge in [0.15, 0.2) is 0 Å². The molecule has 0 spiro atoms. The summed E-state index contributed by atoms with van der Waals surface area (Å²) in [5.74, 6) is 0. The predicted molar refractivity (Wildman–Crippen MR) is 60.9 cm³/mol. The van der Waals surface area contributed by atoms with E-state index in [1.807, 2.05) is 6.92 Å². The highest BCUT2D eigenvalue weighted by Crippen LogP contribution is 2.11. The minimum absolute atomic E-state index is 0.929. The number of nitrogens with one attached hydrogen (secondary N) is 1. The van der Waals surface area contributed by atoms with Gasteiger partial charge in [0.05, 0.1) is 0 Å². The minimum Gasteiger partial charge on any atom is -0.312 e. The van der Waals surface area contributed by atoms with Crippen molar-refractivity contribution in [1.82, 2.24) is 5.32 Å². The van der Waals surface area contributed by atoms with Crippen LogP contribution in [0.4, 0.5) is 0 Å². The molecule has 1 heterocycles. The smallest absolute Gasteiger partial charge is 0.0202 e. The molecule has 13 heavy (non-hydrogen) atoms. The van der Waals surface area contributed by atoms with Crippen LogP contribution in [0.2, 0.25) is 0 Å². The average molecular weight is 179 g/mol. The van der Waals surface area contributed by atoms with Gasteiger partial charge in [-0.1, -0.05) is 30.4 Å². The molecule has 0 aliphatic carbocycles. The Morgan fingerprint density at radius 1 is 1.31 bits per heavy atom. The maximum Gasteiger partial charge on any atom is 0.0202 e. The Morgan fingerprint density at radius 3 is 2.08 bits per heavy atom. The largest absolute Gasteiger partial charge is 0.312 e. The normalized spacial score (nSPS) is 15.9. The first-order valence-corrected chi connectivity index (χ1v) is 4.74. The Labute approximate surface area is 82.2 Å². The fraction of sp³-hybridized carbons (Fsp3) is 0.500. The molecule has 1 N–H and O–H groups in total. The van der Waals surface area contributed by atoms with E-state index < -0.39 is 0 Å². The molecule has 0 aromatic rings. The van der Waals surface area contributed by atoms with Gasteiger partial charge in [0.2, 0.25) is 0 Å². The Kier molecular flexibility index (Phi) is 6.25. The highest BCUT2D eigenvalue weighted by atomic mass is 14.9. The third kappa shape index (κ3) is 6.35. The molecule has 1 saturated heterocycles. The van der Waals surface area contributed by atoms with Gasteiger partial charge in [-0.3, -0.25) is 0 Å². The molecule has 1 rings (SSSR count). The third-order valence-corrected chi connectivity index (χ3v) is 2.02. The van der Waals surface area contributed by atoms with Crippen molar-refractivity contribution in [2.75, 3.05) is 13.1 Å². The maximum atomic E-state index is 3.86. The zero-order valence-electron chi connectivity index (χ0n) is 9.11. The Balaban J connectivity index is 0.000000252. The van der Waals surface area contributed by atoms with Crippen molar-refractivity contribution in [2.45, 2.75) is 27.2 Å². The van der Waals surface area contributed by atoms with Crippen LogP contribution in [0.25, 0.3) is 0 Å². The number of hydrogen-bond acceptors (Lipinski definition) is 1. The van der Waals surface area contributed by atoms with Crippen LogP contribution >= 0.6 is 0 Å². The quantitative estimate of drug-likeness (QED) is 0.563. The van der Waals surface area contributed by atoms with Crippen molar-refractivity contribution < 1.29 is 0 Å². The minimum atomic E-state index is 0.929. The summed E-state index contributed by atoms with van der Waals surface area (Å²) in [6.07, 6.45) is 3.15. The van der Waals surface area contributed by atoms with E-state index in [-0.39, 0.29) is 0 Å². The molecule has 74 valence electrons. The second kappa shape index (κ2) is 6.67. The maximum absolute atomic E-state index is 3.86. The molecule has 0 aromatic carbocycles. The molecule has 0 saturated carbocycles. The number of hydrogen-bond donors (Lipinski definition) is 1. The van der Waals surface area contributed by atoms with Gasteiger partial charge in [0.25, 0.3) is 0 Å². The van der Waals surface area contributed by atoms with Gasteiger partial charge in [0, 0.05) is 6.54 Å². The number of rotatable bonds is 0. The summed E-state index contributed by atoms with van der Waals surface area (Å²) in [6, 6.07) is 0. The molecule has 0 unspecified atom stereocenters. The van der Waals surface area contributed by atoms with Crippen LogP contribution < -0.4 is 5.32 Å². The summed E-state index contributed by atoms with van der Waals surface area (Å²) in [4.78, 5) is 0. The molecular formula is C12H21N. The van der Waals surface area contributed by atoms with Gasteiger partial charge in [-0.2, -0.15) is 0 Å². The van der Waals surface area contributed by atoms with E-state index in [0.717, 1.165) is 25.1 Å². The Morgan fingerprint density at radius 2 is 1.85 bits per heavy atom. The summed E-state index contributed by atoms with van der Waals surface area (Å²) in [5.41, 5.74) is 3.75. The highest BCUT2D eigenvalue weighted by molar-refractivity contribution is 5.28. The molecule has 0 radical (unpaired) electrons. The topological polar surface area (TPSA) is 12.0 Å². The Hall–Kier alpha value is -0.820. The molecule has 0 aromatic heterocycles. The van der Waals surface area contributed by atoms with Crippen LogP contribution in [0, 0.1) is 0 Å². The lowest BCUT2D eigenvalue weighted by Crippen LogP contribution is -2.24. The van der Waals surface area contributed by atoms with Gasteiger partial charge >= 0.3 is 0 Å². The molecule has 1 heteroatoms. The zero-order chi connectivity index (χ0) is 10.3. The summed E-state index contributed by atoms with van der Waals surface area (Å²) < 4.78 is 0. The van der Waals surface area contributed by atoms with E-state index in [9.17, 15) is 0 Å². The van der Waals surface area contributed by atoms with E-state index >= 15 is 0 Å². The monoisotopic (exact) mass is 179 g/mol. The highest BCUT2D eigenvalue weighted by Gasteiger charge is 2.04. The molecule has 1 aliphatic heterocycles.